The van der Waals surface area contributed by atoms with E-state index in [1.54, 1.807) is 38.3 Å². The number of thiazole rings is 1. The van der Waals surface area contributed by atoms with Gasteiger partial charge in [-0.05, 0) is 44.2 Å². The Morgan fingerprint density at radius 2 is 1.82 bits per heavy atom. The molecule has 5 rings (SSSR count). The van der Waals surface area contributed by atoms with Crippen molar-refractivity contribution in [2.45, 2.75) is 19.9 Å². The molecular formula is C26H23N3O4S. The summed E-state index contributed by atoms with van der Waals surface area (Å²) in [4.78, 5) is 33.5. The van der Waals surface area contributed by atoms with E-state index in [0.717, 1.165) is 21.5 Å². The van der Waals surface area contributed by atoms with Gasteiger partial charge in [-0.2, -0.15) is 0 Å². The van der Waals surface area contributed by atoms with Crippen molar-refractivity contribution in [3.63, 3.8) is 0 Å². The predicted octanol–water partition coefficient (Wildman–Crippen LogP) is 5.04. The van der Waals surface area contributed by atoms with Crippen molar-refractivity contribution in [2.24, 2.45) is 7.05 Å². The van der Waals surface area contributed by atoms with E-state index in [0.29, 0.717) is 22.0 Å². The third-order valence-electron chi connectivity index (χ3n) is 6.14. The van der Waals surface area contributed by atoms with Gasteiger partial charge < -0.3 is 14.4 Å². The van der Waals surface area contributed by atoms with E-state index in [2.05, 4.69) is 4.98 Å². The second-order valence-electron chi connectivity index (χ2n) is 8.23. The molecule has 0 saturated heterocycles. The van der Waals surface area contributed by atoms with Crippen LogP contribution in [0, 0.1) is 13.8 Å². The second kappa shape index (κ2) is 8.14. The normalized spacial score (nSPS) is 16.1. The lowest BCUT2D eigenvalue weighted by Gasteiger charge is -2.26. The fourth-order valence-electron chi connectivity index (χ4n) is 4.60. The van der Waals surface area contributed by atoms with Crippen LogP contribution >= 0.6 is 11.3 Å². The number of methoxy groups -OCH3 is 1. The minimum Gasteiger partial charge on any atom is -0.503 e. The Bertz CT molecular complexity index is 1480. The molecule has 2 aromatic carbocycles. The molecule has 4 aromatic rings. The summed E-state index contributed by atoms with van der Waals surface area (Å²) in [5, 5.41) is 12.7. The van der Waals surface area contributed by atoms with E-state index in [1.165, 1.54) is 16.2 Å². The summed E-state index contributed by atoms with van der Waals surface area (Å²) in [6.45, 7) is 3.59. The fraction of sp³-hybridized carbons (Fsp3) is 0.192. The van der Waals surface area contributed by atoms with E-state index in [9.17, 15) is 14.7 Å². The zero-order valence-electron chi connectivity index (χ0n) is 19.2. The van der Waals surface area contributed by atoms with Gasteiger partial charge in [0.05, 0.1) is 34.3 Å². The Hall–Kier alpha value is -3.91. The number of hydrogen-bond acceptors (Lipinski definition) is 6. The maximum absolute atomic E-state index is 13.8. The number of carbonyl (C=O) groups excluding carboxylic acids is 2. The van der Waals surface area contributed by atoms with E-state index in [-0.39, 0.29) is 11.4 Å². The number of nitrogens with zero attached hydrogens (tertiary/aromatic N) is 3. The van der Waals surface area contributed by atoms with E-state index >= 15 is 0 Å². The highest BCUT2D eigenvalue weighted by Gasteiger charge is 2.46. The molecule has 8 heteroatoms. The lowest BCUT2D eigenvalue weighted by Crippen LogP contribution is -2.31. The van der Waals surface area contributed by atoms with E-state index in [1.807, 2.05) is 49.0 Å². The molecule has 34 heavy (non-hydrogen) atoms. The molecule has 1 aliphatic heterocycles. The molecule has 0 aliphatic carbocycles. The van der Waals surface area contributed by atoms with Gasteiger partial charge in [0, 0.05) is 35.4 Å². The third kappa shape index (κ3) is 3.30. The Balaban J connectivity index is 1.74. The first-order valence-electron chi connectivity index (χ1n) is 10.7. The lowest BCUT2D eigenvalue weighted by molar-refractivity contribution is -0.117. The molecule has 1 unspecified atom stereocenters. The zero-order chi connectivity index (χ0) is 24.1. The van der Waals surface area contributed by atoms with Gasteiger partial charge in [-0.1, -0.05) is 18.2 Å². The Morgan fingerprint density at radius 3 is 2.47 bits per heavy atom. The van der Waals surface area contributed by atoms with Gasteiger partial charge in [-0.25, -0.2) is 4.98 Å². The summed E-state index contributed by atoms with van der Waals surface area (Å²) < 4.78 is 7.22. The number of aryl methyl sites for hydroxylation is 3. The Morgan fingerprint density at radius 1 is 1.12 bits per heavy atom. The highest BCUT2D eigenvalue weighted by molar-refractivity contribution is 7.14. The highest BCUT2D eigenvalue weighted by atomic mass is 32.1. The molecule has 172 valence electrons. The summed E-state index contributed by atoms with van der Waals surface area (Å²) in [6.07, 6.45) is 1.91. The summed E-state index contributed by atoms with van der Waals surface area (Å²) in [6, 6.07) is 14.0. The van der Waals surface area contributed by atoms with Crippen molar-refractivity contribution in [2.75, 3.05) is 12.0 Å². The summed E-state index contributed by atoms with van der Waals surface area (Å²) >= 11 is 1.26. The van der Waals surface area contributed by atoms with Gasteiger partial charge in [0.2, 0.25) is 5.78 Å². The van der Waals surface area contributed by atoms with Gasteiger partial charge in [-0.3, -0.25) is 14.5 Å². The first-order valence-corrected chi connectivity index (χ1v) is 11.6. The molecule has 3 heterocycles. The Kier molecular flexibility index (Phi) is 5.25. The highest BCUT2D eigenvalue weighted by Crippen LogP contribution is 2.45. The maximum Gasteiger partial charge on any atom is 0.294 e. The van der Waals surface area contributed by atoms with Crippen LogP contribution in [0.5, 0.6) is 5.75 Å². The van der Waals surface area contributed by atoms with E-state index in [4.69, 9.17) is 4.74 Å². The van der Waals surface area contributed by atoms with E-state index < -0.39 is 17.7 Å². The van der Waals surface area contributed by atoms with Crippen molar-refractivity contribution < 1.29 is 19.4 Å². The van der Waals surface area contributed by atoms with Crippen molar-refractivity contribution >= 4 is 39.6 Å². The third-order valence-corrected chi connectivity index (χ3v) is 7.21. The van der Waals surface area contributed by atoms with Crippen LogP contribution in [0.15, 0.2) is 66.1 Å². The molecule has 0 spiro atoms. The first-order chi connectivity index (χ1) is 16.3. The van der Waals surface area contributed by atoms with Crippen LogP contribution in [-0.4, -0.2) is 33.5 Å². The quantitative estimate of drug-likeness (QED) is 0.411. The van der Waals surface area contributed by atoms with Crippen molar-refractivity contribution in [1.29, 1.82) is 0 Å². The SMILES string of the molecule is COc1ccc(N2C(=O)C(O)=C(C(=O)c3sc(C)nc3C)C2c2cn(C)c3ccccc23)cc1. The van der Waals surface area contributed by atoms with Crippen LogP contribution in [0.25, 0.3) is 10.9 Å². The van der Waals surface area contributed by atoms with Crippen LogP contribution in [0.1, 0.15) is 32.0 Å². The average Bonchev–Trinajstić information content (AvgIpc) is 3.44. The number of fused-ring (bicyclic) bond motifs is 1. The number of aromatic nitrogens is 2. The minimum atomic E-state index is -0.804. The number of amides is 1. The molecule has 1 N–H and O–H groups in total. The molecule has 1 amide bonds. The van der Waals surface area contributed by atoms with Gasteiger partial charge in [-0.15, -0.1) is 11.3 Å². The number of benzene rings is 2. The summed E-state index contributed by atoms with van der Waals surface area (Å²) in [5.74, 6) is -0.904. The smallest absolute Gasteiger partial charge is 0.294 e. The number of rotatable bonds is 5. The number of hydrogen-bond donors (Lipinski definition) is 1. The average molecular weight is 474 g/mol. The molecule has 1 aliphatic rings. The topological polar surface area (TPSA) is 84.7 Å². The Labute approximate surface area is 200 Å². The molecule has 1 atom stereocenters. The second-order valence-corrected chi connectivity index (χ2v) is 9.43. The first kappa shape index (κ1) is 21.9. The molecule has 7 nitrogen and oxygen atoms in total. The maximum atomic E-state index is 13.8. The number of aliphatic hydroxyl groups excluding tert-OH is 1. The van der Waals surface area contributed by atoms with Crippen LogP contribution < -0.4 is 9.64 Å². The fourth-order valence-corrected chi connectivity index (χ4v) is 5.47. The molecular weight excluding hydrogens is 450 g/mol. The number of Topliss-reactive ketones (excluding diaryl/α,β-unsaturated/α-hetero) is 1. The van der Waals surface area contributed by atoms with Crippen LogP contribution in [-0.2, 0) is 11.8 Å². The van der Waals surface area contributed by atoms with Crippen LogP contribution in [0.3, 0.4) is 0 Å². The zero-order valence-corrected chi connectivity index (χ0v) is 20.0. The lowest BCUT2D eigenvalue weighted by atomic mass is 9.94. The number of aliphatic hydroxyl groups is 1. The number of carbonyl (C=O) groups is 2. The van der Waals surface area contributed by atoms with Crippen molar-refractivity contribution in [3.05, 3.63) is 87.2 Å². The summed E-state index contributed by atoms with van der Waals surface area (Å²) in [7, 11) is 3.49. The number of ether oxygens (including phenoxy) is 1. The standard InChI is InChI=1S/C26H23N3O4S/c1-14-25(34-15(2)27-14)23(30)21-22(19-13-28(3)20-8-6-5-7-18(19)20)29(26(32)24(21)31)16-9-11-17(33-4)12-10-16/h5-13,22,31H,1-4H3. The van der Waals surface area contributed by atoms with Crippen LogP contribution in [0.4, 0.5) is 5.69 Å². The monoisotopic (exact) mass is 473 g/mol. The molecule has 0 radical (unpaired) electrons. The van der Waals surface area contributed by atoms with Crippen molar-refractivity contribution in [3.8, 4) is 5.75 Å². The summed E-state index contributed by atoms with van der Waals surface area (Å²) in [5.41, 5.74) is 2.91. The molecule has 0 fully saturated rings. The molecule has 0 saturated carbocycles. The van der Waals surface area contributed by atoms with Crippen molar-refractivity contribution in [1.82, 2.24) is 9.55 Å². The van der Waals surface area contributed by atoms with Gasteiger partial charge in [0.1, 0.15) is 5.75 Å². The minimum absolute atomic E-state index is 0.0592. The van der Waals surface area contributed by atoms with Gasteiger partial charge in [0.25, 0.3) is 5.91 Å². The largest absolute Gasteiger partial charge is 0.503 e. The van der Waals surface area contributed by atoms with Gasteiger partial charge in [0.15, 0.2) is 5.76 Å². The van der Waals surface area contributed by atoms with Gasteiger partial charge >= 0.3 is 0 Å². The predicted molar refractivity (Wildman–Crippen MR) is 132 cm³/mol. The number of para-hydroxylation sites is 1. The molecule has 0 bridgehead atoms. The number of ketones is 1. The molecule has 2 aromatic heterocycles. The van der Waals surface area contributed by atoms with Crippen LogP contribution in [0.2, 0.25) is 0 Å². The number of anilines is 1.